The molecule has 2 unspecified atom stereocenters. The topological polar surface area (TPSA) is 160 Å². The average molecular weight is 566 g/mol. The van der Waals surface area contributed by atoms with Crippen molar-refractivity contribution in [3.05, 3.63) is 35.9 Å². The van der Waals surface area contributed by atoms with Gasteiger partial charge in [-0.05, 0) is 54.7 Å². The summed E-state index contributed by atoms with van der Waals surface area (Å²) in [6.45, 7) is 6.21. The van der Waals surface area contributed by atoms with Gasteiger partial charge < -0.3 is 20.4 Å². The van der Waals surface area contributed by atoms with Gasteiger partial charge in [-0.3, -0.25) is 10.1 Å². The Hall–Kier alpha value is -2.94. The number of carboxylic acid groups (broad SMARTS) is 1. The normalized spacial score (nSPS) is 20.7. The highest BCUT2D eigenvalue weighted by Crippen LogP contribution is 2.30. The second kappa shape index (κ2) is 12.3. The van der Waals surface area contributed by atoms with Crippen molar-refractivity contribution in [3.8, 4) is 0 Å². The molecule has 5 N–H and O–H groups in total. The number of sulfonamides is 1. The number of hydrogen-bond acceptors (Lipinski definition) is 10. The van der Waals surface area contributed by atoms with Crippen molar-refractivity contribution >= 4 is 54.6 Å². The van der Waals surface area contributed by atoms with Gasteiger partial charge in [0.05, 0.1) is 5.75 Å². The van der Waals surface area contributed by atoms with Crippen LogP contribution in [-0.2, 0) is 16.6 Å². The number of piperidine rings is 1. The molecule has 38 heavy (non-hydrogen) atoms. The van der Waals surface area contributed by atoms with Crippen LogP contribution in [0.25, 0.3) is 0 Å². The Morgan fingerprint density at radius 3 is 2.53 bits per heavy atom. The summed E-state index contributed by atoms with van der Waals surface area (Å²) in [4.78, 5) is 23.2. The van der Waals surface area contributed by atoms with E-state index < -0.39 is 26.0 Å². The summed E-state index contributed by atoms with van der Waals surface area (Å²) < 4.78 is 27.8. The molecule has 0 spiro atoms. The lowest BCUT2D eigenvalue weighted by Gasteiger charge is -2.32. The number of hydrazine groups is 1. The van der Waals surface area contributed by atoms with Crippen LogP contribution in [0.3, 0.4) is 0 Å². The smallest absolute Gasteiger partial charge is 0.374 e. The first-order chi connectivity index (χ1) is 18.2. The van der Waals surface area contributed by atoms with Crippen LogP contribution >= 0.6 is 10.7 Å². The van der Waals surface area contributed by atoms with Crippen molar-refractivity contribution in [2.75, 3.05) is 52.4 Å². The zero-order valence-corrected chi connectivity index (χ0v) is 23.1. The molecule has 1 saturated heterocycles. The van der Waals surface area contributed by atoms with Crippen molar-refractivity contribution in [2.45, 2.75) is 33.2 Å². The lowest BCUT2D eigenvalue weighted by Crippen LogP contribution is -2.35. The van der Waals surface area contributed by atoms with Crippen molar-refractivity contribution < 1.29 is 23.4 Å². The molecule has 4 rings (SSSR count). The second-order valence-electron chi connectivity index (χ2n) is 9.47. The molecule has 12 nitrogen and oxygen atoms in total. The first kappa shape index (κ1) is 28.1. The van der Waals surface area contributed by atoms with Crippen LogP contribution in [0.4, 0.5) is 28.1 Å². The molecule has 14 heteroatoms. The molecule has 2 aliphatic heterocycles. The molecular weight excluding hydrogens is 530 g/mol. The fraction of sp³-hybridized carbons (Fsp3) is 0.500. The summed E-state index contributed by atoms with van der Waals surface area (Å²) in [5.74, 6) is 2.00. The maximum Gasteiger partial charge on any atom is 0.374 e. The fourth-order valence-electron chi connectivity index (χ4n) is 4.25. The van der Waals surface area contributed by atoms with E-state index in [1.165, 1.54) is 0 Å². The number of hydrogen-bond donors (Lipinski definition) is 5. The van der Waals surface area contributed by atoms with Gasteiger partial charge in [0.25, 0.3) is 0 Å². The molecule has 3 heterocycles. The Labute approximate surface area is 225 Å². The van der Waals surface area contributed by atoms with Gasteiger partial charge in [-0.25, -0.2) is 13.2 Å². The van der Waals surface area contributed by atoms with Crippen LogP contribution in [0.2, 0.25) is 0 Å². The molecule has 0 amide bonds. The van der Waals surface area contributed by atoms with E-state index in [0.717, 1.165) is 37.3 Å². The number of aromatic nitrogens is 2. The third kappa shape index (κ3) is 7.34. The summed E-state index contributed by atoms with van der Waals surface area (Å²) in [7, 11) is -4.43. The van der Waals surface area contributed by atoms with Gasteiger partial charge in [0.1, 0.15) is 11.6 Å². The zero-order chi connectivity index (χ0) is 27.3. The van der Waals surface area contributed by atoms with Gasteiger partial charge in [-0.15, -0.1) is 0 Å². The quantitative estimate of drug-likeness (QED) is 0.269. The average Bonchev–Trinajstić information content (AvgIpc) is 3.28. The summed E-state index contributed by atoms with van der Waals surface area (Å²) >= 11 is 0. The molecule has 208 valence electrons. The third-order valence-corrected chi connectivity index (χ3v) is 9.55. The molecule has 1 aromatic carbocycles. The van der Waals surface area contributed by atoms with Crippen molar-refractivity contribution in [3.63, 3.8) is 0 Å². The number of aliphatic hydroxyl groups excluding tert-OH is 1. The van der Waals surface area contributed by atoms with E-state index in [2.05, 4.69) is 25.3 Å². The summed E-state index contributed by atoms with van der Waals surface area (Å²) in [5, 5.41) is 23.3. The Morgan fingerprint density at radius 2 is 1.89 bits per heavy atom. The number of rotatable bonds is 10. The number of aliphatic hydroxyl groups is 1. The number of benzene rings is 1. The van der Waals surface area contributed by atoms with E-state index in [9.17, 15) is 23.4 Å². The predicted octanol–water partition coefficient (Wildman–Crippen LogP) is 3.00. The minimum Gasteiger partial charge on any atom is -0.473 e. The number of anilines is 4. The predicted molar refractivity (Wildman–Crippen MR) is 152 cm³/mol. The maximum atomic E-state index is 11.8. The Morgan fingerprint density at radius 1 is 1.18 bits per heavy atom. The molecule has 2 atom stereocenters. The molecule has 2 aromatic rings. The lowest BCUT2D eigenvalue weighted by molar-refractivity contribution is 0.203. The Kier molecular flexibility index (Phi) is 9.07. The van der Waals surface area contributed by atoms with Crippen LogP contribution in [0.15, 0.2) is 30.3 Å². The van der Waals surface area contributed by atoms with Crippen molar-refractivity contribution in [2.24, 2.45) is 11.8 Å². The van der Waals surface area contributed by atoms with E-state index in [1.807, 2.05) is 30.5 Å². The minimum atomic E-state index is -3.34. The monoisotopic (exact) mass is 565 g/mol. The highest BCUT2D eigenvalue weighted by molar-refractivity contribution is 8.25. The van der Waals surface area contributed by atoms with Crippen LogP contribution in [0, 0.1) is 11.8 Å². The Balaban J connectivity index is 1.51. The van der Waals surface area contributed by atoms with E-state index in [1.54, 1.807) is 23.5 Å². The molecule has 0 saturated carbocycles. The molecule has 0 bridgehead atoms. The van der Waals surface area contributed by atoms with Gasteiger partial charge in [0.15, 0.2) is 0 Å². The van der Waals surface area contributed by atoms with E-state index in [-0.39, 0.29) is 24.2 Å². The third-order valence-electron chi connectivity index (χ3n) is 6.45. The number of nitrogens with one attached hydrogen (secondary N) is 3. The second-order valence-corrected chi connectivity index (χ2v) is 13.2. The highest BCUT2D eigenvalue weighted by Gasteiger charge is 2.27. The molecule has 1 fully saturated rings. The summed E-state index contributed by atoms with van der Waals surface area (Å²) in [6.07, 6.45) is 1.72. The van der Waals surface area contributed by atoms with Gasteiger partial charge in [-0.2, -0.15) is 14.4 Å². The zero-order valence-electron chi connectivity index (χ0n) is 21.5. The van der Waals surface area contributed by atoms with E-state index in [4.69, 9.17) is 4.98 Å². The van der Waals surface area contributed by atoms with Crippen molar-refractivity contribution in [1.82, 2.24) is 14.4 Å². The first-order valence-electron chi connectivity index (χ1n) is 12.6. The van der Waals surface area contributed by atoms with Crippen molar-refractivity contribution in [1.29, 1.82) is 0 Å². The van der Waals surface area contributed by atoms with Gasteiger partial charge in [-0.1, -0.05) is 19.1 Å². The molecule has 0 radical (unpaired) electrons. The largest absolute Gasteiger partial charge is 0.473 e. The van der Waals surface area contributed by atoms with Crippen LogP contribution in [-0.4, -0.2) is 75.7 Å². The van der Waals surface area contributed by atoms with Crippen LogP contribution in [0.1, 0.15) is 32.3 Å². The van der Waals surface area contributed by atoms with Gasteiger partial charge in [0, 0.05) is 55.2 Å². The first-order valence-corrected chi connectivity index (χ1v) is 15.5. The highest BCUT2D eigenvalue weighted by atomic mass is 32.2. The molecule has 2 aliphatic rings. The van der Waals surface area contributed by atoms with Crippen LogP contribution in [0.5, 0.6) is 0 Å². The maximum absolute atomic E-state index is 11.8. The molecule has 1 aromatic heterocycles. The van der Waals surface area contributed by atoms with E-state index >= 15 is 0 Å². The Bertz CT molecular complexity index is 1270. The van der Waals surface area contributed by atoms with E-state index in [0.29, 0.717) is 30.5 Å². The molecule has 0 aliphatic carbocycles. The number of nitrogens with zero attached hydrogens (tertiary/aromatic N) is 4. The van der Waals surface area contributed by atoms with Gasteiger partial charge >= 0.3 is 5.30 Å². The lowest BCUT2D eigenvalue weighted by atomic mass is 9.98. The van der Waals surface area contributed by atoms with Crippen LogP contribution < -0.4 is 20.4 Å². The summed E-state index contributed by atoms with van der Waals surface area (Å²) in [5.41, 5.74) is 4.55. The van der Waals surface area contributed by atoms with Gasteiger partial charge in [0.2, 0.25) is 16.0 Å². The minimum absolute atomic E-state index is 0.00246. The molecular formula is C24H35N7O5S2. The number of carbonyl (C=O) groups is 1. The SMILES string of the molecule is CCS(=O)(=O)Nc1ccc(CNc2cc(N3CCC(CO)CC3)nc(NN3CC(C)C=S3C(=O)O)n2)cc1. The summed E-state index contributed by atoms with van der Waals surface area (Å²) in [6, 6.07) is 8.96. The standard InChI is InChI=1S/C24H35N7O5S2/c1-3-38(35,36)29-20-6-4-18(5-7-20)13-25-21-12-22(30-10-8-19(15-32)9-11-30)27-23(26-21)28-31-14-17(2)16-37(31)24(33)34/h4-7,12,16-17,19,29,32H,3,8-11,13-15H2,1-2H3,(H,33,34)(H2,25,26,27,28). The fourth-order valence-corrected chi connectivity index (χ4v) is 6.45.